The molecule has 6 rings (SSSR count). The minimum absolute atomic E-state index is 0.0591. The van der Waals surface area contributed by atoms with Crippen LogP contribution in [0.4, 0.5) is 4.11 Å². The molecule has 2 aliphatic carbocycles. The van der Waals surface area contributed by atoms with Crippen molar-refractivity contribution in [3.63, 3.8) is 0 Å². The molecule has 3 aliphatic rings. The van der Waals surface area contributed by atoms with Gasteiger partial charge in [0, 0.05) is 45.4 Å². The number of hydrogen-bond donors (Lipinski definition) is 1. The second-order valence-electron chi connectivity index (χ2n) is 19.5. The van der Waals surface area contributed by atoms with Crippen molar-refractivity contribution < 1.29 is 41.9 Å². The van der Waals surface area contributed by atoms with E-state index in [2.05, 4.69) is 11.1 Å². The molecule has 0 bridgehead atoms. The Bertz CT molecular complexity index is 2130. The fourth-order valence-electron chi connectivity index (χ4n) is 10.3. The number of hydrogen-bond acceptors (Lipinski definition) is 11. The van der Waals surface area contributed by atoms with Gasteiger partial charge < -0.3 is 28.2 Å². The zero-order valence-corrected chi connectivity index (χ0v) is 36.5. The summed E-state index contributed by atoms with van der Waals surface area (Å²) in [6.07, 6.45) is 0.835. The van der Waals surface area contributed by atoms with Crippen molar-refractivity contribution in [1.29, 1.82) is 5.26 Å². The molecule has 11 nitrogen and oxygen atoms in total. The molecule has 0 spiro atoms. The Kier molecular flexibility index (Phi) is 11.2. The lowest BCUT2D eigenvalue weighted by atomic mass is 9.42. The van der Waals surface area contributed by atoms with E-state index >= 15 is 4.11 Å². The van der Waals surface area contributed by atoms with Crippen LogP contribution >= 0.6 is 0 Å². The number of esters is 2. The maximum Gasteiger partial charge on any atom is 0.394 e. The SMILES string of the molecule is CC(C)C(=O)OC[C@@]1(C)[C@@H]2C[C@H](OC(=O)c3ccc(C#N)cc3)[C@@]3(C)Oc4cc(-c5cccnc5)oc(=O)c4[C@H](O)[C@@H]3[C@@]2(C)CC[C@@H]1O[Si](F)(C(C)(C)C)C(C)(C)C. The van der Waals surface area contributed by atoms with Gasteiger partial charge in [-0.2, -0.15) is 5.26 Å². The number of aliphatic hydroxyl groups is 1. The van der Waals surface area contributed by atoms with Gasteiger partial charge in [-0.1, -0.05) is 69.2 Å². The number of halogens is 1. The minimum Gasteiger partial charge on any atom is -0.482 e. The number of aromatic nitrogens is 1. The zero-order chi connectivity index (χ0) is 42.8. The first-order valence-corrected chi connectivity index (χ1v) is 21.9. The number of nitrogens with zero attached hydrogens (tertiary/aromatic N) is 2. The number of benzene rings is 1. The molecule has 3 heterocycles. The molecule has 1 aromatic carbocycles. The van der Waals surface area contributed by atoms with Crippen LogP contribution in [0.3, 0.4) is 0 Å². The van der Waals surface area contributed by atoms with E-state index < -0.39 is 88.8 Å². The summed E-state index contributed by atoms with van der Waals surface area (Å²) in [5.74, 6) is -2.68. The van der Waals surface area contributed by atoms with Crippen molar-refractivity contribution >= 4 is 20.6 Å². The van der Waals surface area contributed by atoms with Crippen LogP contribution in [-0.2, 0) is 18.7 Å². The molecule has 2 fully saturated rings. The number of carbonyl (C=O) groups is 2. The lowest BCUT2D eigenvalue weighted by molar-refractivity contribution is -0.264. The summed E-state index contributed by atoms with van der Waals surface area (Å²) < 4.78 is 49.9. The van der Waals surface area contributed by atoms with Crippen LogP contribution in [0.1, 0.15) is 123 Å². The molecule has 2 aromatic heterocycles. The monoisotopic (exact) mass is 816 g/mol. The Labute approximate surface area is 341 Å². The number of carbonyl (C=O) groups excluding carboxylic acids is 2. The predicted octanol–water partition coefficient (Wildman–Crippen LogP) is 9.02. The van der Waals surface area contributed by atoms with Crippen LogP contribution in [0, 0.1) is 39.9 Å². The van der Waals surface area contributed by atoms with Crippen molar-refractivity contribution in [3.05, 3.63) is 82.0 Å². The van der Waals surface area contributed by atoms with Gasteiger partial charge in [0.05, 0.1) is 41.9 Å². The molecule has 8 atom stereocenters. The first kappa shape index (κ1) is 43.2. The average Bonchev–Trinajstić information content (AvgIpc) is 3.14. The third kappa shape index (κ3) is 7.19. The first-order valence-electron chi connectivity index (χ1n) is 20.1. The lowest BCUT2D eigenvalue weighted by Crippen LogP contribution is -2.72. The molecule has 1 N–H and O–H groups in total. The molecule has 3 aromatic rings. The highest BCUT2D eigenvalue weighted by Gasteiger charge is 2.72. The van der Waals surface area contributed by atoms with Crippen molar-refractivity contribution in [2.75, 3.05) is 6.61 Å². The van der Waals surface area contributed by atoms with Crippen molar-refractivity contribution in [2.24, 2.45) is 28.6 Å². The van der Waals surface area contributed by atoms with E-state index in [-0.39, 0.29) is 35.7 Å². The minimum atomic E-state index is -4.12. The van der Waals surface area contributed by atoms with E-state index in [0.29, 0.717) is 24.0 Å². The summed E-state index contributed by atoms with van der Waals surface area (Å²) in [5.41, 5.74) is -3.12. The topological polar surface area (TPSA) is 158 Å². The lowest BCUT2D eigenvalue weighted by Gasteiger charge is -2.67. The second-order valence-corrected chi connectivity index (χ2v) is 23.9. The van der Waals surface area contributed by atoms with Gasteiger partial charge in [0.1, 0.15) is 28.8 Å². The highest BCUT2D eigenvalue weighted by molar-refractivity contribution is 6.72. The number of fused-ring (bicyclic) bond motifs is 4. The summed E-state index contributed by atoms with van der Waals surface area (Å²) in [7, 11) is -4.12. The largest absolute Gasteiger partial charge is 0.482 e. The smallest absolute Gasteiger partial charge is 0.394 e. The van der Waals surface area contributed by atoms with Gasteiger partial charge in [0.25, 0.3) is 0 Å². The average molecular weight is 817 g/mol. The highest BCUT2D eigenvalue weighted by atomic mass is 28.4. The van der Waals surface area contributed by atoms with Crippen LogP contribution in [0.5, 0.6) is 5.75 Å². The van der Waals surface area contributed by atoms with Crippen LogP contribution in [0.25, 0.3) is 11.3 Å². The van der Waals surface area contributed by atoms with Gasteiger partial charge in [0.15, 0.2) is 0 Å². The second kappa shape index (κ2) is 15.0. The van der Waals surface area contributed by atoms with E-state index in [1.165, 1.54) is 24.3 Å². The molecule has 0 radical (unpaired) electrons. The number of aliphatic hydroxyl groups excluding tert-OH is 1. The normalized spacial score (nSPS) is 29.6. The summed E-state index contributed by atoms with van der Waals surface area (Å²) in [6, 6.07) is 13.1. The van der Waals surface area contributed by atoms with E-state index in [1.807, 2.05) is 55.4 Å². The molecule has 0 amide bonds. The fourth-order valence-corrected chi connectivity index (χ4v) is 14.1. The predicted molar refractivity (Wildman–Crippen MR) is 217 cm³/mol. The van der Waals surface area contributed by atoms with Crippen molar-refractivity contribution in [2.45, 2.75) is 129 Å². The van der Waals surface area contributed by atoms with E-state index in [1.54, 1.807) is 51.4 Å². The van der Waals surface area contributed by atoms with E-state index in [9.17, 15) is 24.8 Å². The standard InChI is InChI=1S/C45H57FN2O9Si/c1-26(2)38(50)53-25-44(10)32-22-34(55-39(51)28-16-14-27(23-47)15-17-28)45(11)37(43(32,9)19-18-33(44)57-58(46,41(3,4)5)42(6,7)8)36(49)35-31(56-45)21-30(54-40(35)52)29-13-12-20-48-24-29/h12-17,20-21,24,26,32-34,36-37,49H,18-19,22,25H2,1-11H3/t32-,33+,34+,36+,37-,43+,44+,45-/m1/s1. The van der Waals surface area contributed by atoms with Crippen molar-refractivity contribution in [1.82, 2.24) is 4.98 Å². The van der Waals surface area contributed by atoms with E-state index in [0.717, 1.165) is 0 Å². The van der Waals surface area contributed by atoms with Crippen LogP contribution < -0.4 is 10.4 Å². The Balaban J connectivity index is 1.53. The maximum atomic E-state index is 17.8. The number of ether oxygens (including phenoxy) is 3. The molecule has 2 saturated carbocycles. The third-order valence-corrected chi connectivity index (χ3v) is 17.7. The molecular formula is C45H57FN2O9Si. The van der Waals surface area contributed by atoms with Gasteiger partial charge >= 0.3 is 26.2 Å². The van der Waals surface area contributed by atoms with Gasteiger partial charge in [-0.05, 0) is 73.9 Å². The molecule has 13 heteroatoms. The summed E-state index contributed by atoms with van der Waals surface area (Å²) in [4.78, 5) is 45.4. The molecule has 0 unspecified atom stereocenters. The summed E-state index contributed by atoms with van der Waals surface area (Å²) >= 11 is 0. The third-order valence-electron chi connectivity index (χ3n) is 13.3. The molecule has 0 saturated heterocycles. The fraction of sp³-hybridized carbons (Fsp3) is 0.578. The van der Waals surface area contributed by atoms with Gasteiger partial charge in [0.2, 0.25) is 0 Å². The first-order chi connectivity index (χ1) is 26.9. The molecule has 1 aliphatic heterocycles. The number of nitriles is 1. The Morgan fingerprint density at radius 3 is 2.29 bits per heavy atom. The van der Waals surface area contributed by atoms with Gasteiger partial charge in [-0.3, -0.25) is 13.9 Å². The number of rotatable bonds is 8. The zero-order valence-electron chi connectivity index (χ0n) is 35.5. The quantitative estimate of drug-likeness (QED) is 0.131. The van der Waals surface area contributed by atoms with Crippen molar-refractivity contribution in [3.8, 4) is 23.1 Å². The van der Waals surface area contributed by atoms with Gasteiger partial charge in [-0.15, -0.1) is 0 Å². The molecule has 312 valence electrons. The highest BCUT2D eigenvalue weighted by Crippen LogP contribution is 2.68. The number of pyridine rings is 1. The van der Waals surface area contributed by atoms with Crippen LogP contribution in [0.15, 0.2) is 64.1 Å². The Hall–Kier alpha value is -4.38. The Morgan fingerprint density at radius 1 is 1.07 bits per heavy atom. The van der Waals surface area contributed by atoms with Crippen LogP contribution in [0.2, 0.25) is 10.1 Å². The molecule has 58 heavy (non-hydrogen) atoms. The maximum absolute atomic E-state index is 17.8. The van der Waals surface area contributed by atoms with Crippen LogP contribution in [-0.4, -0.2) is 55.1 Å². The summed E-state index contributed by atoms with van der Waals surface area (Å²) in [6.45, 7) is 20.3. The summed E-state index contributed by atoms with van der Waals surface area (Å²) in [5, 5.41) is 20.4. The van der Waals surface area contributed by atoms with E-state index in [4.69, 9.17) is 23.1 Å². The van der Waals surface area contributed by atoms with Gasteiger partial charge in [-0.25, -0.2) is 9.59 Å². The molecular weight excluding hydrogens is 760 g/mol. The Morgan fingerprint density at radius 2 is 1.72 bits per heavy atom.